The number of ketones is 1. The number of Topliss-reactive ketones (excluding diaryl/α,β-unsaturated/α-hetero) is 1. The van der Waals surface area contributed by atoms with Gasteiger partial charge < -0.3 is 18.8 Å². The summed E-state index contributed by atoms with van der Waals surface area (Å²) in [6.45, 7) is 4.33. The van der Waals surface area contributed by atoms with Gasteiger partial charge in [0.1, 0.15) is 18.9 Å². The number of carbonyl (C=O) groups excluding carboxylic acids is 3. The largest absolute Gasteiger partial charge is 0.486 e. The van der Waals surface area contributed by atoms with Gasteiger partial charge in [0.05, 0.1) is 0 Å². The summed E-state index contributed by atoms with van der Waals surface area (Å²) in [5, 5.41) is 3.68. The molecule has 9 nitrogen and oxygen atoms in total. The summed E-state index contributed by atoms with van der Waals surface area (Å²) in [6, 6.07) is 7.38. The Bertz CT molecular complexity index is 1070. The molecule has 0 saturated heterocycles. The number of amides is 1. The standard InChI is InChI=1S/C21H21N3O6/c1-12-9-15(17(25)11-30-21(27)16-4-6-20(26)23-22-16)13(2)24(12)14-3-5-18-19(10-14)29-8-7-28-18/h3,5,9-10H,4,6-8,11H2,1-2H3,(H,23,26). The van der Waals surface area contributed by atoms with Crippen LogP contribution >= 0.6 is 0 Å². The molecule has 3 heterocycles. The lowest BCUT2D eigenvalue weighted by Crippen LogP contribution is -2.31. The van der Waals surface area contributed by atoms with Crippen molar-refractivity contribution >= 4 is 23.4 Å². The fourth-order valence-electron chi connectivity index (χ4n) is 3.53. The molecule has 1 aromatic carbocycles. The van der Waals surface area contributed by atoms with Crippen LogP contribution in [0.5, 0.6) is 11.5 Å². The number of hydrazone groups is 1. The number of esters is 1. The van der Waals surface area contributed by atoms with Gasteiger partial charge in [-0.05, 0) is 32.0 Å². The quantitative estimate of drug-likeness (QED) is 0.594. The molecule has 0 radical (unpaired) electrons. The fourth-order valence-corrected chi connectivity index (χ4v) is 3.53. The molecule has 4 rings (SSSR count). The molecule has 30 heavy (non-hydrogen) atoms. The van der Waals surface area contributed by atoms with E-state index >= 15 is 0 Å². The maximum atomic E-state index is 12.7. The molecule has 2 aliphatic rings. The SMILES string of the molecule is Cc1cc(C(=O)COC(=O)C2=NNC(=O)CC2)c(C)n1-c1ccc2c(c1)OCCO2. The van der Waals surface area contributed by atoms with Gasteiger partial charge in [-0.3, -0.25) is 9.59 Å². The van der Waals surface area contributed by atoms with Gasteiger partial charge in [0, 0.05) is 41.5 Å². The fraction of sp³-hybridized carbons (Fsp3) is 0.333. The highest BCUT2D eigenvalue weighted by Gasteiger charge is 2.23. The van der Waals surface area contributed by atoms with E-state index in [1.165, 1.54) is 0 Å². The maximum absolute atomic E-state index is 12.7. The lowest BCUT2D eigenvalue weighted by atomic mass is 10.1. The minimum Gasteiger partial charge on any atom is -0.486 e. The minimum absolute atomic E-state index is 0.101. The third kappa shape index (κ3) is 3.78. The number of hydrogen-bond acceptors (Lipinski definition) is 7. The molecular weight excluding hydrogens is 390 g/mol. The van der Waals surface area contributed by atoms with Crippen LogP contribution in [0.1, 0.15) is 34.6 Å². The van der Waals surface area contributed by atoms with Crippen LogP contribution in [0.4, 0.5) is 0 Å². The molecule has 0 unspecified atom stereocenters. The molecule has 0 saturated carbocycles. The number of carbonyl (C=O) groups is 3. The van der Waals surface area contributed by atoms with Gasteiger partial charge >= 0.3 is 5.97 Å². The Kier molecular flexibility index (Phi) is 5.26. The molecule has 9 heteroatoms. The number of aromatic nitrogens is 1. The Morgan fingerprint density at radius 2 is 1.90 bits per heavy atom. The van der Waals surface area contributed by atoms with E-state index in [0.717, 1.165) is 17.1 Å². The van der Waals surface area contributed by atoms with E-state index in [2.05, 4.69) is 10.5 Å². The summed E-state index contributed by atoms with van der Waals surface area (Å²) >= 11 is 0. The van der Waals surface area contributed by atoms with Crippen molar-refractivity contribution in [3.63, 3.8) is 0 Å². The normalized spacial score (nSPS) is 15.3. The highest BCUT2D eigenvalue weighted by Crippen LogP contribution is 2.33. The van der Waals surface area contributed by atoms with E-state index in [1.807, 2.05) is 36.6 Å². The van der Waals surface area contributed by atoms with Gasteiger partial charge in [-0.1, -0.05) is 0 Å². The summed E-state index contributed by atoms with van der Waals surface area (Å²) in [5.41, 5.74) is 5.23. The number of nitrogens with one attached hydrogen (secondary N) is 1. The second kappa shape index (κ2) is 8.02. The molecule has 0 spiro atoms. The lowest BCUT2D eigenvalue weighted by Gasteiger charge is -2.20. The van der Waals surface area contributed by atoms with E-state index in [1.54, 1.807) is 6.07 Å². The zero-order valence-electron chi connectivity index (χ0n) is 16.7. The van der Waals surface area contributed by atoms with E-state index in [9.17, 15) is 14.4 Å². The van der Waals surface area contributed by atoms with Crippen molar-refractivity contribution < 1.29 is 28.6 Å². The third-order valence-corrected chi connectivity index (χ3v) is 4.99. The third-order valence-electron chi connectivity index (χ3n) is 4.99. The number of ether oxygens (including phenoxy) is 3. The van der Waals surface area contributed by atoms with Gasteiger partial charge in [0.25, 0.3) is 0 Å². The molecule has 1 aromatic heterocycles. The Morgan fingerprint density at radius 1 is 1.13 bits per heavy atom. The Hall–Kier alpha value is -3.62. The molecule has 0 aliphatic carbocycles. The average Bonchev–Trinajstić information content (AvgIpc) is 3.06. The number of benzene rings is 1. The first kappa shape index (κ1) is 19.7. The van der Waals surface area contributed by atoms with Crippen LogP contribution in [-0.4, -0.2) is 47.8 Å². The van der Waals surface area contributed by atoms with Gasteiger partial charge in [0.15, 0.2) is 18.1 Å². The van der Waals surface area contributed by atoms with E-state index in [4.69, 9.17) is 14.2 Å². The highest BCUT2D eigenvalue weighted by atomic mass is 16.6. The van der Waals surface area contributed by atoms with Crippen LogP contribution in [0.3, 0.4) is 0 Å². The van der Waals surface area contributed by atoms with Gasteiger partial charge in [-0.2, -0.15) is 5.10 Å². The zero-order chi connectivity index (χ0) is 21.3. The number of hydrogen-bond donors (Lipinski definition) is 1. The first-order chi connectivity index (χ1) is 14.4. The maximum Gasteiger partial charge on any atom is 0.354 e. The van der Waals surface area contributed by atoms with Crippen molar-refractivity contribution in [3.05, 3.63) is 41.2 Å². The first-order valence-corrected chi connectivity index (χ1v) is 9.58. The number of aryl methyl sites for hydroxylation is 1. The van der Waals surface area contributed by atoms with Crippen LogP contribution in [-0.2, 0) is 14.3 Å². The predicted octanol–water partition coefficient (Wildman–Crippen LogP) is 1.86. The monoisotopic (exact) mass is 411 g/mol. The molecule has 1 amide bonds. The predicted molar refractivity (Wildman–Crippen MR) is 106 cm³/mol. The summed E-state index contributed by atoms with van der Waals surface area (Å²) in [4.78, 5) is 35.9. The van der Waals surface area contributed by atoms with Crippen LogP contribution in [0, 0.1) is 13.8 Å². The number of rotatable bonds is 5. The smallest absolute Gasteiger partial charge is 0.354 e. The molecular formula is C21H21N3O6. The Morgan fingerprint density at radius 3 is 2.63 bits per heavy atom. The molecule has 2 aliphatic heterocycles. The molecule has 0 fully saturated rings. The molecule has 0 bridgehead atoms. The van der Waals surface area contributed by atoms with Crippen LogP contribution in [0.15, 0.2) is 29.4 Å². The molecule has 156 valence electrons. The molecule has 2 aromatic rings. The number of fused-ring (bicyclic) bond motifs is 1. The van der Waals surface area contributed by atoms with Crippen molar-refractivity contribution in [1.82, 2.24) is 9.99 Å². The van der Waals surface area contributed by atoms with Crippen molar-refractivity contribution in [3.8, 4) is 17.2 Å². The van der Waals surface area contributed by atoms with E-state index in [0.29, 0.717) is 30.3 Å². The molecule has 0 atom stereocenters. The average molecular weight is 411 g/mol. The minimum atomic E-state index is -0.705. The second-order valence-corrected chi connectivity index (χ2v) is 7.04. The van der Waals surface area contributed by atoms with Gasteiger partial charge in [-0.25, -0.2) is 10.2 Å². The van der Waals surface area contributed by atoms with E-state index in [-0.39, 0.29) is 30.2 Å². The number of nitrogens with zero attached hydrogens (tertiary/aromatic N) is 2. The summed E-state index contributed by atoms with van der Waals surface area (Å²) in [6.07, 6.45) is 0.357. The lowest BCUT2D eigenvalue weighted by molar-refractivity contribution is -0.134. The molecule has 1 N–H and O–H groups in total. The Balaban J connectivity index is 1.50. The van der Waals surface area contributed by atoms with Gasteiger partial charge in [0.2, 0.25) is 11.7 Å². The first-order valence-electron chi connectivity index (χ1n) is 9.58. The van der Waals surface area contributed by atoms with Crippen molar-refractivity contribution in [2.45, 2.75) is 26.7 Å². The topological polar surface area (TPSA) is 108 Å². The van der Waals surface area contributed by atoms with Crippen molar-refractivity contribution in [1.29, 1.82) is 0 Å². The highest BCUT2D eigenvalue weighted by molar-refractivity contribution is 6.37. The Labute approximate surface area is 172 Å². The van der Waals surface area contributed by atoms with Gasteiger partial charge in [-0.15, -0.1) is 0 Å². The zero-order valence-corrected chi connectivity index (χ0v) is 16.7. The van der Waals surface area contributed by atoms with Crippen LogP contribution < -0.4 is 14.9 Å². The van der Waals surface area contributed by atoms with Crippen LogP contribution in [0.2, 0.25) is 0 Å². The summed E-state index contributed by atoms with van der Waals surface area (Å²) < 4.78 is 18.2. The van der Waals surface area contributed by atoms with Crippen molar-refractivity contribution in [2.24, 2.45) is 5.10 Å². The summed E-state index contributed by atoms with van der Waals surface area (Å²) in [5.74, 6) is 0.0739. The summed E-state index contributed by atoms with van der Waals surface area (Å²) in [7, 11) is 0. The van der Waals surface area contributed by atoms with Crippen molar-refractivity contribution in [2.75, 3.05) is 19.8 Å². The van der Waals surface area contributed by atoms with E-state index < -0.39 is 12.6 Å². The second-order valence-electron chi connectivity index (χ2n) is 7.04. The van der Waals surface area contributed by atoms with Crippen LogP contribution in [0.25, 0.3) is 5.69 Å².